The molecule has 2 heterocycles. The summed E-state index contributed by atoms with van der Waals surface area (Å²) >= 11 is 6.68. The van der Waals surface area contributed by atoms with E-state index in [2.05, 4.69) is 20.5 Å². The highest BCUT2D eigenvalue weighted by Gasteiger charge is 2.36. The number of rotatable bonds is 11. The third-order valence-corrected chi connectivity index (χ3v) is 7.55. The zero-order chi connectivity index (χ0) is 40.7. The van der Waals surface area contributed by atoms with Crippen LogP contribution >= 0.6 is 11.6 Å². The SMILES string of the molecule is COC(=O)c1cc(OC)c(OCCc2cc(C(=O)OC)c(N(C(=O)OC(C)(C)C)C(=O)OC(C)(C)C)cc2Cl)cc1NC(=O)c1ccc(-n2ccnc2)nn1. The molecule has 292 valence electrons. The molecular weight excluding hydrogens is 740 g/mol. The van der Waals surface area contributed by atoms with Crippen molar-refractivity contribution in [3.63, 3.8) is 0 Å². The maximum absolute atomic E-state index is 13.4. The van der Waals surface area contributed by atoms with Crippen molar-refractivity contribution in [3.8, 4) is 17.3 Å². The number of imide groups is 1. The normalized spacial score (nSPS) is 11.2. The molecular formula is C37H41ClN6O11. The van der Waals surface area contributed by atoms with E-state index in [1.807, 2.05) is 0 Å². The van der Waals surface area contributed by atoms with Crippen molar-refractivity contribution < 1.29 is 52.4 Å². The van der Waals surface area contributed by atoms with Crippen LogP contribution in [-0.2, 0) is 25.4 Å². The van der Waals surface area contributed by atoms with Crippen LogP contribution in [0.2, 0.25) is 5.02 Å². The van der Waals surface area contributed by atoms with Crippen LogP contribution in [0.25, 0.3) is 5.82 Å². The number of amides is 3. The maximum Gasteiger partial charge on any atom is 0.424 e. The molecule has 2 aromatic carbocycles. The van der Waals surface area contributed by atoms with Gasteiger partial charge in [0, 0.05) is 36.0 Å². The fourth-order valence-electron chi connectivity index (χ4n) is 4.79. The summed E-state index contributed by atoms with van der Waals surface area (Å²) in [5.41, 5.74) is -2.13. The van der Waals surface area contributed by atoms with Crippen molar-refractivity contribution in [1.29, 1.82) is 0 Å². The fraction of sp³-hybridized carbons (Fsp3) is 0.351. The van der Waals surface area contributed by atoms with Gasteiger partial charge in [-0.2, -0.15) is 4.90 Å². The Morgan fingerprint density at radius 3 is 1.98 bits per heavy atom. The molecule has 0 aliphatic heterocycles. The van der Waals surface area contributed by atoms with Crippen LogP contribution in [0.4, 0.5) is 21.0 Å². The average Bonchev–Trinajstić information content (AvgIpc) is 3.66. The predicted molar refractivity (Wildman–Crippen MR) is 198 cm³/mol. The number of halogens is 1. The van der Waals surface area contributed by atoms with Crippen molar-refractivity contribution in [1.82, 2.24) is 19.7 Å². The van der Waals surface area contributed by atoms with E-state index in [1.54, 1.807) is 64.6 Å². The largest absolute Gasteiger partial charge is 0.493 e. The molecule has 2 aromatic heterocycles. The number of carbonyl (C=O) groups excluding carboxylic acids is 5. The first-order chi connectivity index (χ1) is 25.8. The zero-order valence-electron chi connectivity index (χ0n) is 31.7. The van der Waals surface area contributed by atoms with E-state index >= 15 is 0 Å². The first-order valence-corrected chi connectivity index (χ1v) is 17.0. The summed E-state index contributed by atoms with van der Waals surface area (Å²) in [6.07, 6.45) is 2.62. The standard InChI is InChI=1S/C37H41ClN6O11/c1-36(2,3)54-34(48)44(35(49)55-37(4,5)6)27-18-24(38)21(16-23(27)33(47)52-9)12-15-53-29-19-26(22(32(46)51-8)17-28(29)50-7)40-31(45)25-10-11-30(42-41-25)43-14-13-39-20-43/h10-11,13-14,16-20H,12,15H2,1-9H3,(H,40,45). The van der Waals surface area contributed by atoms with E-state index in [-0.39, 0.29) is 57.7 Å². The molecule has 0 bridgehead atoms. The van der Waals surface area contributed by atoms with Gasteiger partial charge in [-0.3, -0.25) is 9.36 Å². The van der Waals surface area contributed by atoms with Gasteiger partial charge >= 0.3 is 24.1 Å². The number of nitrogens with zero attached hydrogens (tertiary/aromatic N) is 5. The van der Waals surface area contributed by atoms with Crippen molar-refractivity contribution >= 4 is 53.0 Å². The molecule has 17 nitrogen and oxygen atoms in total. The minimum Gasteiger partial charge on any atom is -0.493 e. The van der Waals surface area contributed by atoms with Crippen molar-refractivity contribution in [2.75, 3.05) is 38.2 Å². The molecule has 4 rings (SSSR count). The minimum atomic E-state index is -1.11. The Kier molecular flexibility index (Phi) is 13.0. The summed E-state index contributed by atoms with van der Waals surface area (Å²) in [5.74, 6) is -1.65. The number of hydrogen-bond donors (Lipinski definition) is 1. The number of carbonyl (C=O) groups is 5. The summed E-state index contributed by atoms with van der Waals surface area (Å²) in [6.45, 7) is 9.60. The molecule has 0 fully saturated rings. The molecule has 0 atom stereocenters. The number of hydrogen-bond acceptors (Lipinski definition) is 14. The molecule has 0 aliphatic carbocycles. The Labute approximate surface area is 321 Å². The Bertz CT molecular complexity index is 2030. The van der Waals surface area contributed by atoms with E-state index in [0.29, 0.717) is 16.3 Å². The number of methoxy groups -OCH3 is 3. The number of nitrogens with one attached hydrogen (secondary N) is 1. The van der Waals surface area contributed by atoms with Gasteiger partial charge in [0.2, 0.25) is 0 Å². The van der Waals surface area contributed by atoms with Crippen LogP contribution in [0, 0.1) is 0 Å². The van der Waals surface area contributed by atoms with Gasteiger partial charge in [0.1, 0.15) is 17.5 Å². The molecule has 0 unspecified atom stereocenters. The van der Waals surface area contributed by atoms with Gasteiger partial charge in [0.15, 0.2) is 23.0 Å². The topological polar surface area (TPSA) is 200 Å². The highest BCUT2D eigenvalue weighted by Crippen LogP contribution is 2.36. The molecule has 18 heteroatoms. The molecule has 55 heavy (non-hydrogen) atoms. The van der Waals surface area contributed by atoms with Crippen LogP contribution < -0.4 is 19.7 Å². The second-order valence-corrected chi connectivity index (χ2v) is 14.0. The number of aromatic nitrogens is 4. The molecule has 0 spiro atoms. The lowest BCUT2D eigenvalue weighted by Crippen LogP contribution is -2.44. The monoisotopic (exact) mass is 780 g/mol. The van der Waals surface area contributed by atoms with Gasteiger partial charge in [-0.15, -0.1) is 10.2 Å². The Hall–Kier alpha value is -6.23. The van der Waals surface area contributed by atoms with Gasteiger partial charge < -0.3 is 33.7 Å². The number of benzene rings is 2. The zero-order valence-corrected chi connectivity index (χ0v) is 32.5. The number of anilines is 2. The summed E-state index contributed by atoms with van der Waals surface area (Å²) < 4.78 is 33.9. The molecule has 0 aliphatic rings. The Morgan fingerprint density at radius 2 is 1.45 bits per heavy atom. The van der Waals surface area contributed by atoms with Gasteiger partial charge in [0.05, 0.1) is 50.4 Å². The van der Waals surface area contributed by atoms with E-state index < -0.39 is 41.2 Å². The van der Waals surface area contributed by atoms with Crippen molar-refractivity contribution in [2.45, 2.75) is 59.2 Å². The number of esters is 2. The summed E-state index contributed by atoms with van der Waals surface area (Å²) in [6, 6.07) is 8.35. The first-order valence-electron chi connectivity index (χ1n) is 16.6. The third-order valence-electron chi connectivity index (χ3n) is 7.20. The summed E-state index contributed by atoms with van der Waals surface area (Å²) in [7, 11) is 3.68. The van der Waals surface area contributed by atoms with E-state index in [9.17, 15) is 24.0 Å². The van der Waals surface area contributed by atoms with Gasteiger partial charge in [0.25, 0.3) is 5.91 Å². The Morgan fingerprint density at radius 1 is 0.818 bits per heavy atom. The van der Waals surface area contributed by atoms with Gasteiger partial charge in [-0.25, -0.2) is 24.2 Å². The third kappa shape index (κ3) is 10.7. The van der Waals surface area contributed by atoms with E-state index in [1.165, 1.54) is 50.9 Å². The van der Waals surface area contributed by atoms with Gasteiger partial charge in [-0.1, -0.05) is 11.6 Å². The maximum atomic E-state index is 13.4. The lowest BCUT2D eigenvalue weighted by Gasteiger charge is -2.29. The Balaban J connectivity index is 1.64. The van der Waals surface area contributed by atoms with Crippen LogP contribution in [-0.4, -0.2) is 88.9 Å². The first kappa shape index (κ1) is 41.5. The van der Waals surface area contributed by atoms with Crippen LogP contribution in [0.15, 0.2) is 55.1 Å². The molecule has 1 N–H and O–H groups in total. The fourth-order valence-corrected chi connectivity index (χ4v) is 5.05. The lowest BCUT2D eigenvalue weighted by atomic mass is 10.1. The number of ether oxygens (including phenoxy) is 6. The van der Waals surface area contributed by atoms with Crippen LogP contribution in [0.1, 0.15) is 78.3 Å². The van der Waals surface area contributed by atoms with Crippen LogP contribution in [0.3, 0.4) is 0 Å². The second-order valence-electron chi connectivity index (χ2n) is 13.6. The predicted octanol–water partition coefficient (Wildman–Crippen LogP) is 6.45. The minimum absolute atomic E-state index is 0.0212. The highest BCUT2D eigenvalue weighted by molar-refractivity contribution is 6.32. The average molecular weight is 781 g/mol. The second kappa shape index (κ2) is 17.3. The van der Waals surface area contributed by atoms with Gasteiger partial charge in [-0.05, 0) is 71.4 Å². The van der Waals surface area contributed by atoms with E-state index in [0.717, 1.165) is 7.11 Å². The molecule has 0 saturated carbocycles. The number of imidazole rings is 1. The molecule has 3 amide bonds. The van der Waals surface area contributed by atoms with Crippen molar-refractivity contribution in [3.05, 3.63) is 82.5 Å². The molecule has 0 radical (unpaired) electrons. The molecule has 0 saturated heterocycles. The van der Waals surface area contributed by atoms with Crippen molar-refractivity contribution in [2.24, 2.45) is 0 Å². The quantitative estimate of drug-likeness (QED) is 0.129. The summed E-state index contributed by atoms with van der Waals surface area (Å²) in [4.78, 5) is 70.3. The molecule has 4 aromatic rings. The highest BCUT2D eigenvalue weighted by atomic mass is 35.5. The smallest absolute Gasteiger partial charge is 0.424 e. The van der Waals surface area contributed by atoms with Crippen LogP contribution in [0.5, 0.6) is 11.5 Å². The summed E-state index contributed by atoms with van der Waals surface area (Å²) in [5, 5.41) is 10.7. The lowest BCUT2D eigenvalue weighted by molar-refractivity contribution is 0.0429. The van der Waals surface area contributed by atoms with E-state index in [4.69, 9.17) is 40.0 Å².